The van der Waals surface area contributed by atoms with Gasteiger partial charge in [-0.2, -0.15) is 0 Å². The largest absolute Gasteiger partial charge is 0.846 e. The Morgan fingerprint density at radius 1 is 0.525 bits per heavy atom. The summed E-state index contributed by atoms with van der Waals surface area (Å²) in [6, 6.07) is 0. The molecule has 0 aromatic carbocycles. The van der Waals surface area contributed by atoms with E-state index in [2.05, 4.69) is 64.5 Å². The van der Waals surface area contributed by atoms with Crippen LogP contribution in [0, 0.1) is 23.7 Å². The second-order valence-corrected chi connectivity index (χ2v) is 12.8. The molecule has 40 heavy (non-hydrogen) atoms. The summed E-state index contributed by atoms with van der Waals surface area (Å²) in [7, 11) is 0. The molecular weight excluding hydrogens is 508 g/mol. The Kier molecular flexibility index (Phi) is 9.90. The minimum absolute atomic E-state index is 0.169. The lowest BCUT2D eigenvalue weighted by Gasteiger charge is -2.54. The zero-order chi connectivity index (χ0) is 30.0. The zero-order valence-corrected chi connectivity index (χ0v) is 25.1. The fourth-order valence-corrected chi connectivity index (χ4v) is 5.52. The molecule has 3 aliphatic carbocycles. The van der Waals surface area contributed by atoms with Crippen molar-refractivity contribution in [2.45, 2.75) is 67.6 Å². The summed E-state index contributed by atoms with van der Waals surface area (Å²) in [6.07, 6.45) is 2.46. The Labute approximate surface area is 238 Å². The van der Waals surface area contributed by atoms with E-state index in [-0.39, 0.29) is 45.3 Å². The number of hydrogen-bond donors (Lipinski definition) is 4. The summed E-state index contributed by atoms with van der Waals surface area (Å²) in [5, 5.41) is 70.2. The van der Waals surface area contributed by atoms with Crippen molar-refractivity contribution in [3.8, 4) is 0 Å². The van der Waals surface area contributed by atoms with Gasteiger partial charge in [0.1, 0.15) is 49.2 Å². The minimum Gasteiger partial charge on any atom is -0.846 e. The van der Waals surface area contributed by atoms with Crippen LogP contribution in [-0.2, 0) is 0 Å². The molecule has 0 amide bonds. The van der Waals surface area contributed by atoms with E-state index in [1.807, 2.05) is 0 Å². The van der Waals surface area contributed by atoms with Gasteiger partial charge < -0.3 is 30.6 Å². The summed E-state index contributed by atoms with van der Waals surface area (Å²) in [4.78, 5) is 0. The number of allylic oxidation sites excluding steroid dienone is 4. The number of aliphatic hydroxyl groups is 4. The third-order valence-corrected chi connectivity index (χ3v) is 6.94. The first-order chi connectivity index (χ1) is 18.6. The number of hydrogen-bond acceptors (Lipinski definition) is 6. The van der Waals surface area contributed by atoms with Crippen LogP contribution < -0.4 is 10.2 Å². The molecule has 1 saturated carbocycles. The molecule has 0 atom stereocenters. The molecule has 0 unspecified atom stereocenters. The smallest absolute Gasteiger partial charge is 0.207 e. The van der Waals surface area contributed by atoms with E-state index < -0.39 is 12.2 Å². The van der Waals surface area contributed by atoms with Crippen molar-refractivity contribution in [1.82, 2.24) is 0 Å². The highest BCUT2D eigenvalue weighted by atomic mass is 16.3. The second-order valence-electron chi connectivity index (χ2n) is 12.8. The van der Waals surface area contributed by atoms with Crippen LogP contribution in [0.1, 0.15) is 55.4 Å². The Morgan fingerprint density at radius 2 is 0.750 bits per heavy atom. The lowest BCUT2D eigenvalue weighted by atomic mass is 9.71. The first-order valence-electron chi connectivity index (χ1n) is 14.3. The molecule has 0 heterocycles. The van der Waals surface area contributed by atoms with E-state index >= 15 is 0 Å². The maximum Gasteiger partial charge on any atom is 0.207 e. The molecular formula is C32H46N2O6. The first kappa shape index (κ1) is 31.4. The van der Waals surface area contributed by atoms with Crippen LogP contribution in [-0.4, -0.2) is 79.4 Å². The lowest BCUT2D eigenvalue weighted by molar-refractivity contribution is -0.538. The van der Waals surface area contributed by atoms with Crippen molar-refractivity contribution >= 4 is 11.4 Å². The molecule has 0 saturated heterocycles. The van der Waals surface area contributed by atoms with E-state index in [9.17, 15) is 30.6 Å². The summed E-state index contributed by atoms with van der Waals surface area (Å²) in [5.74, 6) is -0.00905. The highest BCUT2D eigenvalue weighted by Gasteiger charge is 2.37. The average molecular weight is 555 g/mol. The Hall–Kier alpha value is -3.10. The molecule has 1 fully saturated rings. The topological polar surface area (TPSA) is 133 Å². The van der Waals surface area contributed by atoms with Crippen LogP contribution in [0.25, 0.3) is 0 Å². The Morgan fingerprint density at radius 3 is 0.950 bits per heavy atom. The predicted molar refractivity (Wildman–Crippen MR) is 154 cm³/mol. The molecule has 0 bridgehead atoms. The Bertz CT molecular complexity index is 1090. The van der Waals surface area contributed by atoms with Crippen molar-refractivity contribution in [2.24, 2.45) is 23.7 Å². The molecule has 3 rings (SSSR count). The molecule has 4 N–H and O–H groups in total. The van der Waals surface area contributed by atoms with Gasteiger partial charge in [-0.15, -0.1) is 0 Å². The van der Waals surface area contributed by atoms with Crippen molar-refractivity contribution in [1.29, 1.82) is 0 Å². The monoisotopic (exact) mass is 554 g/mol. The van der Waals surface area contributed by atoms with Crippen LogP contribution >= 0.6 is 0 Å². The third-order valence-electron chi connectivity index (χ3n) is 6.94. The van der Waals surface area contributed by atoms with Gasteiger partial charge in [0.2, 0.25) is 11.4 Å². The minimum atomic E-state index is -1.72. The van der Waals surface area contributed by atoms with Crippen molar-refractivity contribution < 1.29 is 39.8 Å². The van der Waals surface area contributed by atoms with Gasteiger partial charge in [-0.25, -0.2) is 9.15 Å². The molecule has 220 valence electrons. The fourth-order valence-electron chi connectivity index (χ4n) is 5.52. The van der Waals surface area contributed by atoms with E-state index in [0.29, 0.717) is 61.3 Å². The van der Waals surface area contributed by atoms with Gasteiger partial charge in [0.25, 0.3) is 0 Å². The molecule has 0 spiro atoms. The Balaban J connectivity index is 2.04. The van der Waals surface area contributed by atoms with Crippen LogP contribution in [0.4, 0.5) is 0 Å². The lowest BCUT2D eigenvalue weighted by Crippen LogP contribution is -2.57. The van der Waals surface area contributed by atoms with Gasteiger partial charge in [-0.3, -0.25) is 0 Å². The van der Waals surface area contributed by atoms with Gasteiger partial charge in [-0.05, 0) is 0 Å². The third kappa shape index (κ3) is 6.78. The summed E-state index contributed by atoms with van der Waals surface area (Å²) in [5.41, 5.74) is 0.455. The summed E-state index contributed by atoms with van der Waals surface area (Å²) in [6.45, 7) is 19.5. The standard InChI is InChI=1S/C32H44N2O6/c1-17(2)13-33(14-18(3)4)21-9-23(35)27(24(36)10-21)29-31(39)30(32(29)40)28-25(37)11-22(12-26(28)38)34(15-19(5)6)16-20(7)8/h9-12,17-20,31-32H,13-16H2,1-8H3,(H2,35,36,37,38)/q-2/p+2. The predicted octanol–water partition coefficient (Wildman–Crippen LogP) is 3.38. The number of rotatable bonds is 8. The molecule has 0 radical (unpaired) electrons. The van der Waals surface area contributed by atoms with Crippen LogP contribution in [0.5, 0.6) is 0 Å². The van der Waals surface area contributed by atoms with Gasteiger partial charge in [0, 0.05) is 23.7 Å². The number of aliphatic hydroxyl groups excluding tert-OH is 4. The maximum absolute atomic E-state index is 13.3. The maximum atomic E-state index is 13.3. The average Bonchev–Trinajstić information content (AvgIpc) is 2.81. The van der Waals surface area contributed by atoms with Gasteiger partial charge in [0.15, 0.2) is 0 Å². The number of nitrogens with zero attached hydrogens (tertiary/aromatic N) is 2. The van der Waals surface area contributed by atoms with Gasteiger partial charge >= 0.3 is 0 Å². The zero-order valence-electron chi connectivity index (χ0n) is 25.1. The molecule has 0 aliphatic heterocycles. The van der Waals surface area contributed by atoms with Crippen molar-refractivity contribution in [3.63, 3.8) is 0 Å². The van der Waals surface area contributed by atoms with E-state index in [1.165, 1.54) is 24.3 Å². The van der Waals surface area contributed by atoms with Gasteiger partial charge in [0.05, 0.1) is 35.5 Å². The first-order valence-corrected chi connectivity index (χ1v) is 14.3. The summed E-state index contributed by atoms with van der Waals surface area (Å²) < 4.78 is 4.12. The highest BCUT2D eigenvalue weighted by Crippen LogP contribution is 2.42. The van der Waals surface area contributed by atoms with Crippen molar-refractivity contribution in [3.05, 3.63) is 69.6 Å². The van der Waals surface area contributed by atoms with E-state index in [0.717, 1.165) is 0 Å². The SMILES string of the molecule is CC(C)C[N+](CC(C)C)=C1C=C(O)C(=C2C([O-])C(=C3C(O)=CC(=[N+](CC(C)C)CC(C)C)C=C3O)C2[O-])C(O)=C1. The van der Waals surface area contributed by atoms with Crippen molar-refractivity contribution in [2.75, 3.05) is 26.2 Å². The highest BCUT2D eigenvalue weighted by molar-refractivity contribution is 6.04. The van der Waals surface area contributed by atoms with Gasteiger partial charge in [-0.1, -0.05) is 78.7 Å². The quantitative estimate of drug-likeness (QED) is 0.340. The van der Waals surface area contributed by atoms with E-state index in [1.54, 1.807) is 0 Å². The van der Waals surface area contributed by atoms with Crippen LogP contribution in [0.15, 0.2) is 69.6 Å². The molecule has 3 aliphatic rings. The fraction of sp³-hybridized carbons (Fsp3) is 0.562. The second kappa shape index (κ2) is 12.6. The van der Waals surface area contributed by atoms with Crippen LogP contribution in [0.2, 0.25) is 0 Å². The molecule has 8 heteroatoms. The van der Waals surface area contributed by atoms with E-state index in [4.69, 9.17) is 0 Å². The molecule has 8 nitrogen and oxygen atoms in total. The molecule has 0 aromatic heterocycles. The summed E-state index contributed by atoms with van der Waals surface area (Å²) >= 11 is 0. The molecule has 0 aromatic rings. The normalized spacial score (nSPS) is 21.8. The van der Waals surface area contributed by atoms with Crippen LogP contribution in [0.3, 0.4) is 0 Å².